The van der Waals surface area contributed by atoms with E-state index in [2.05, 4.69) is 6.07 Å². The van der Waals surface area contributed by atoms with E-state index in [1.54, 1.807) is 24.3 Å². The summed E-state index contributed by atoms with van der Waals surface area (Å²) < 4.78 is 75.3. The zero-order valence-corrected chi connectivity index (χ0v) is 27.5. The van der Waals surface area contributed by atoms with Crippen LogP contribution in [0.5, 0.6) is 0 Å². The first-order chi connectivity index (χ1) is 28.6. The van der Waals surface area contributed by atoms with Gasteiger partial charge in [-0.05, 0) is 108 Å². The molecule has 0 aliphatic rings. The van der Waals surface area contributed by atoms with Crippen LogP contribution in [-0.4, -0.2) is 0 Å². The summed E-state index contributed by atoms with van der Waals surface area (Å²) >= 11 is 0. The van der Waals surface area contributed by atoms with Crippen LogP contribution >= 0.6 is 0 Å². The van der Waals surface area contributed by atoms with E-state index in [1.807, 2.05) is 133 Å². The van der Waals surface area contributed by atoms with Gasteiger partial charge in [-0.2, -0.15) is 0 Å². The molecule has 51 heavy (non-hydrogen) atoms. The molecule has 0 aliphatic carbocycles. The fourth-order valence-corrected chi connectivity index (χ4v) is 6.61. The number of fused-ring (bicyclic) bond motifs is 2. The Morgan fingerprint density at radius 2 is 0.941 bits per heavy atom. The Kier molecular flexibility index (Phi) is 5.96. The molecule has 9 rings (SSSR count). The number of nitrogens with zero attached hydrogens (tertiary/aromatic N) is 1. The summed E-state index contributed by atoms with van der Waals surface area (Å²) in [6, 6.07) is 49.0. The Balaban J connectivity index is 1.30. The van der Waals surface area contributed by atoms with Gasteiger partial charge in [-0.15, -0.1) is 0 Å². The third-order valence-electron chi connectivity index (χ3n) is 9.20. The highest BCUT2D eigenvalue weighted by Crippen LogP contribution is 2.40. The summed E-state index contributed by atoms with van der Waals surface area (Å²) in [6.45, 7) is 0. The van der Waals surface area contributed by atoms with Crippen molar-refractivity contribution >= 4 is 38.6 Å². The van der Waals surface area contributed by atoms with Gasteiger partial charge >= 0.3 is 0 Å². The Morgan fingerprint density at radius 3 is 1.76 bits per heavy atom. The quantitative estimate of drug-likeness (QED) is 0.165. The van der Waals surface area contributed by atoms with E-state index >= 15 is 0 Å². The second-order valence-corrected chi connectivity index (χ2v) is 12.4. The first kappa shape index (κ1) is 22.8. The average Bonchev–Trinajstić information content (AvgIpc) is 3.28. The number of hydrogen-bond donors (Lipinski definition) is 0. The predicted molar refractivity (Wildman–Crippen MR) is 218 cm³/mol. The smallest absolute Gasteiger partial charge is 0.0651 e. The fourth-order valence-electron chi connectivity index (χ4n) is 6.61. The van der Waals surface area contributed by atoms with Crippen molar-refractivity contribution in [2.24, 2.45) is 0 Å². The van der Waals surface area contributed by atoms with E-state index in [4.69, 9.17) is 2.74 Å². The molecular formula is C50H35N. The van der Waals surface area contributed by atoms with Crippen LogP contribution in [0.1, 0.15) is 11.0 Å². The first-order valence-corrected chi connectivity index (χ1v) is 16.9. The maximum Gasteiger partial charge on any atom is 0.0651 e. The fraction of sp³-hybridized carbons (Fsp3) is 0. The lowest BCUT2D eigenvalue weighted by Gasteiger charge is -2.27. The van der Waals surface area contributed by atoms with Gasteiger partial charge in [0.25, 0.3) is 0 Å². The van der Waals surface area contributed by atoms with Crippen molar-refractivity contribution in [1.82, 2.24) is 0 Å². The van der Waals surface area contributed by atoms with Crippen molar-refractivity contribution in [1.29, 1.82) is 0 Å². The highest BCUT2D eigenvalue weighted by atomic mass is 15.1. The highest BCUT2D eigenvalue weighted by Gasteiger charge is 2.16. The van der Waals surface area contributed by atoms with E-state index in [0.717, 1.165) is 43.8 Å². The molecule has 1 heteroatoms. The van der Waals surface area contributed by atoms with Crippen LogP contribution in [0.15, 0.2) is 212 Å². The molecule has 0 amide bonds. The normalized spacial score (nSPS) is 13.3. The van der Waals surface area contributed by atoms with E-state index in [9.17, 15) is 8.22 Å². The van der Waals surface area contributed by atoms with E-state index in [-0.39, 0.29) is 58.8 Å². The van der Waals surface area contributed by atoms with Crippen molar-refractivity contribution in [3.05, 3.63) is 212 Å². The SMILES string of the molecule is [2H]c1c([2H])c(-c2cccc3ccccc23)c([2H])c(N(c2cccc(-c3ccc4ccccc4c3)c2)c2c([2H])c([2H])c(-c3ccc(-c4ccccc4)cc3)c([2H])c2[2H])c1[2H]. The molecule has 9 aromatic rings. The van der Waals surface area contributed by atoms with Gasteiger partial charge in [-0.1, -0.05) is 170 Å². The zero-order valence-electron chi connectivity index (χ0n) is 35.5. The third-order valence-corrected chi connectivity index (χ3v) is 9.20. The Hall–Kier alpha value is -6.70. The molecule has 0 heterocycles. The minimum atomic E-state index is -0.447. The molecule has 0 spiro atoms. The monoisotopic (exact) mass is 657 g/mol. The minimum Gasteiger partial charge on any atom is -0.310 e. The average molecular weight is 658 g/mol. The van der Waals surface area contributed by atoms with Gasteiger partial charge in [0, 0.05) is 17.1 Å². The largest absolute Gasteiger partial charge is 0.310 e. The molecular weight excluding hydrogens is 615 g/mol. The van der Waals surface area contributed by atoms with Crippen molar-refractivity contribution in [3.63, 3.8) is 0 Å². The van der Waals surface area contributed by atoms with Crippen LogP contribution in [0.25, 0.3) is 66.1 Å². The lowest BCUT2D eigenvalue weighted by molar-refractivity contribution is 1.28. The summed E-state index contributed by atoms with van der Waals surface area (Å²) in [5, 5.41) is 3.74. The number of rotatable bonds is 7. The Morgan fingerprint density at radius 1 is 0.333 bits per heavy atom. The number of hydrogen-bond acceptors (Lipinski definition) is 1. The minimum absolute atomic E-state index is 0.115. The number of benzene rings is 9. The Labute approximate surface area is 310 Å². The molecule has 0 aliphatic heterocycles. The number of anilines is 3. The lowest BCUT2D eigenvalue weighted by atomic mass is 9.97. The second-order valence-electron chi connectivity index (χ2n) is 12.4. The van der Waals surface area contributed by atoms with Gasteiger partial charge in [0.1, 0.15) is 0 Å². The molecule has 0 saturated heterocycles. The van der Waals surface area contributed by atoms with Gasteiger partial charge in [0.15, 0.2) is 0 Å². The van der Waals surface area contributed by atoms with Gasteiger partial charge in [-0.3, -0.25) is 0 Å². The van der Waals surface area contributed by atoms with Crippen molar-refractivity contribution in [3.8, 4) is 44.5 Å². The maximum atomic E-state index is 9.81. The summed E-state index contributed by atoms with van der Waals surface area (Å²) in [4.78, 5) is 1.41. The van der Waals surface area contributed by atoms with Crippen LogP contribution in [0.4, 0.5) is 17.1 Å². The highest BCUT2D eigenvalue weighted by molar-refractivity contribution is 5.97. The molecule has 9 aromatic carbocycles. The van der Waals surface area contributed by atoms with Crippen molar-refractivity contribution in [2.45, 2.75) is 0 Å². The van der Waals surface area contributed by atoms with Gasteiger partial charge in [0.05, 0.1) is 11.0 Å². The summed E-state index contributed by atoms with van der Waals surface area (Å²) in [5.41, 5.74) is 4.93. The molecule has 240 valence electrons. The molecule has 0 bridgehead atoms. The molecule has 0 fully saturated rings. The van der Waals surface area contributed by atoms with Crippen LogP contribution in [0.3, 0.4) is 0 Å². The van der Waals surface area contributed by atoms with Crippen LogP contribution in [0.2, 0.25) is 0 Å². The van der Waals surface area contributed by atoms with Gasteiger partial charge in [-0.25, -0.2) is 0 Å². The van der Waals surface area contributed by atoms with Crippen molar-refractivity contribution in [2.75, 3.05) is 4.90 Å². The summed E-state index contributed by atoms with van der Waals surface area (Å²) in [7, 11) is 0. The molecule has 0 radical (unpaired) electrons. The summed E-state index contributed by atoms with van der Waals surface area (Å²) in [6.07, 6.45) is 0. The van der Waals surface area contributed by atoms with Crippen LogP contribution in [-0.2, 0) is 0 Å². The van der Waals surface area contributed by atoms with E-state index < -0.39 is 12.1 Å². The second kappa shape index (κ2) is 13.3. The third kappa shape index (κ3) is 6.07. The van der Waals surface area contributed by atoms with E-state index in [1.165, 1.54) is 4.90 Å². The molecule has 0 unspecified atom stereocenters. The molecule has 0 aromatic heterocycles. The van der Waals surface area contributed by atoms with Gasteiger partial charge in [0.2, 0.25) is 0 Å². The molecule has 0 saturated carbocycles. The first-order valence-electron chi connectivity index (χ1n) is 20.9. The molecule has 0 N–H and O–H groups in total. The molecule has 1 nitrogen and oxygen atoms in total. The molecule has 0 atom stereocenters. The van der Waals surface area contributed by atoms with Gasteiger partial charge < -0.3 is 4.90 Å². The van der Waals surface area contributed by atoms with Crippen LogP contribution < -0.4 is 4.90 Å². The van der Waals surface area contributed by atoms with Crippen molar-refractivity contribution < 1.29 is 11.0 Å². The van der Waals surface area contributed by atoms with Crippen LogP contribution in [0, 0.1) is 0 Å². The van der Waals surface area contributed by atoms with E-state index in [0.29, 0.717) is 16.8 Å². The maximum absolute atomic E-state index is 9.81. The topological polar surface area (TPSA) is 3.24 Å². The zero-order chi connectivity index (χ0) is 40.9. The Bertz CT molecular complexity index is 3060. The lowest BCUT2D eigenvalue weighted by Crippen LogP contribution is -2.10. The predicted octanol–water partition coefficient (Wildman–Crippen LogP) is 14.1. The summed E-state index contributed by atoms with van der Waals surface area (Å²) in [5.74, 6) is 0. The standard InChI is InChI=1S/C50H35N/c1-2-11-36(12-3-1)38-23-25-39(26-24-38)40-29-31-46(32-30-40)51(47-19-8-17-43(34-47)44-28-27-37-13-4-5-15-42(37)33-44)48-20-9-18-45(35-48)50-22-10-16-41-14-6-7-21-49(41)50/h1-35H/i9D,18D,20D,29D,30D,31D,32D,35D.